The molecule has 1 saturated heterocycles. The summed E-state index contributed by atoms with van der Waals surface area (Å²) in [7, 11) is 0. The van der Waals surface area contributed by atoms with Crippen LogP contribution in [0.3, 0.4) is 0 Å². The number of piperidine rings is 1. The molecule has 6 heteroatoms. The van der Waals surface area contributed by atoms with E-state index >= 15 is 0 Å². The molecule has 1 fully saturated rings. The smallest absolute Gasteiger partial charge is 0.180 e. The average molecular weight is 389 g/mol. The molecule has 3 nitrogen and oxygen atoms in total. The molecule has 1 aromatic heterocycles. The van der Waals surface area contributed by atoms with E-state index in [1.165, 1.54) is 27.8 Å². The fourth-order valence-electron chi connectivity index (χ4n) is 2.82. The first-order valence-electron chi connectivity index (χ1n) is 6.89. The monoisotopic (exact) mass is 387 g/mol. The molecular formula is C15H19BrClN3S. The Bertz CT molecular complexity index is 582. The molecule has 0 spiro atoms. The van der Waals surface area contributed by atoms with E-state index in [2.05, 4.69) is 50.1 Å². The summed E-state index contributed by atoms with van der Waals surface area (Å²) >= 11 is 5.27. The number of nitrogens with zero attached hydrogens (tertiary/aromatic N) is 2. The molecular weight excluding hydrogens is 370 g/mol. The third-order valence-electron chi connectivity index (χ3n) is 3.88. The van der Waals surface area contributed by atoms with Gasteiger partial charge < -0.3 is 5.73 Å². The zero-order valence-corrected chi connectivity index (χ0v) is 14.9. The van der Waals surface area contributed by atoms with Crippen molar-refractivity contribution in [2.24, 2.45) is 0 Å². The van der Waals surface area contributed by atoms with Gasteiger partial charge in [-0.25, -0.2) is 4.98 Å². The van der Waals surface area contributed by atoms with Gasteiger partial charge in [0, 0.05) is 22.1 Å². The highest BCUT2D eigenvalue weighted by Crippen LogP contribution is 2.33. The Balaban J connectivity index is 0.00000161. The van der Waals surface area contributed by atoms with E-state index in [0.717, 1.165) is 19.6 Å². The minimum atomic E-state index is 0. The first-order chi connectivity index (χ1) is 9.72. The second kappa shape index (κ2) is 7.58. The van der Waals surface area contributed by atoms with Gasteiger partial charge in [0.15, 0.2) is 5.13 Å². The molecule has 0 bridgehead atoms. The predicted octanol–water partition coefficient (Wildman–Crippen LogP) is 4.29. The second-order valence-electron chi connectivity index (χ2n) is 5.24. The van der Waals surface area contributed by atoms with Crippen molar-refractivity contribution in [1.29, 1.82) is 0 Å². The lowest BCUT2D eigenvalue weighted by atomic mass is 9.89. The Morgan fingerprint density at radius 3 is 2.62 bits per heavy atom. The normalized spacial score (nSPS) is 16.6. The molecule has 2 heterocycles. The summed E-state index contributed by atoms with van der Waals surface area (Å²) in [5, 5.41) is 0.670. The highest BCUT2D eigenvalue weighted by atomic mass is 79.9. The minimum absolute atomic E-state index is 0. The third kappa shape index (κ3) is 4.19. The van der Waals surface area contributed by atoms with Gasteiger partial charge in [0.1, 0.15) is 0 Å². The van der Waals surface area contributed by atoms with Gasteiger partial charge in [-0.2, -0.15) is 0 Å². The third-order valence-corrected chi connectivity index (χ3v) is 5.42. The first-order valence-corrected chi connectivity index (χ1v) is 8.50. The highest BCUT2D eigenvalue weighted by molar-refractivity contribution is 9.10. The summed E-state index contributed by atoms with van der Waals surface area (Å²) in [4.78, 5) is 7.89. The SMILES string of the molecule is Cl.Nc1ncc(CN2CCC(c3ccccc3Br)CC2)s1. The summed E-state index contributed by atoms with van der Waals surface area (Å²) in [6.07, 6.45) is 4.34. The van der Waals surface area contributed by atoms with Crippen molar-refractivity contribution in [3.8, 4) is 0 Å². The Hall–Kier alpha value is -0.620. The Morgan fingerprint density at radius 2 is 2.00 bits per heavy atom. The number of aromatic nitrogens is 1. The van der Waals surface area contributed by atoms with Crippen LogP contribution in [0.4, 0.5) is 5.13 Å². The lowest BCUT2D eigenvalue weighted by Crippen LogP contribution is -2.32. The predicted molar refractivity (Wildman–Crippen MR) is 95.2 cm³/mol. The molecule has 0 saturated carbocycles. The lowest BCUT2D eigenvalue weighted by molar-refractivity contribution is 0.206. The molecule has 114 valence electrons. The van der Waals surface area contributed by atoms with Crippen molar-refractivity contribution in [2.45, 2.75) is 25.3 Å². The van der Waals surface area contributed by atoms with Gasteiger partial charge in [-0.05, 0) is 43.5 Å². The standard InChI is InChI=1S/C15H18BrN3S.ClH/c16-14-4-2-1-3-13(14)11-5-7-19(8-6-11)10-12-9-18-15(17)20-12;/h1-4,9,11H,5-8,10H2,(H2,17,18);1H. The van der Waals surface area contributed by atoms with Crippen LogP contribution in [-0.4, -0.2) is 23.0 Å². The fourth-order valence-corrected chi connectivity index (χ4v) is 4.16. The van der Waals surface area contributed by atoms with Crippen molar-refractivity contribution in [3.05, 3.63) is 45.4 Å². The number of thiazole rings is 1. The molecule has 0 atom stereocenters. The molecule has 2 aromatic rings. The van der Waals surface area contributed by atoms with Crippen molar-refractivity contribution in [3.63, 3.8) is 0 Å². The van der Waals surface area contributed by atoms with Crippen LogP contribution in [0.2, 0.25) is 0 Å². The lowest BCUT2D eigenvalue weighted by Gasteiger charge is -2.32. The highest BCUT2D eigenvalue weighted by Gasteiger charge is 2.22. The van der Waals surface area contributed by atoms with Crippen LogP contribution in [0.5, 0.6) is 0 Å². The molecule has 21 heavy (non-hydrogen) atoms. The van der Waals surface area contributed by atoms with Gasteiger partial charge >= 0.3 is 0 Å². The number of hydrogen-bond acceptors (Lipinski definition) is 4. The van der Waals surface area contributed by atoms with Crippen LogP contribution in [0, 0.1) is 0 Å². The summed E-state index contributed by atoms with van der Waals surface area (Å²) in [6, 6.07) is 8.60. The van der Waals surface area contributed by atoms with E-state index in [4.69, 9.17) is 5.73 Å². The van der Waals surface area contributed by atoms with E-state index < -0.39 is 0 Å². The number of benzene rings is 1. The van der Waals surface area contributed by atoms with Gasteiger partial charge in [-0.1, -0.05) is 34.1 Å². The number of nitrogen functional groups attached to an aromatic ring is 1. The summed E-state index contributed by atoms with van der Waals surface area (Å²) in [5.41, 5.74) is 7.14. The van der Waals surface area contributed by atoms with Crippen LogP contribution in [-0.2, 0) is 6.54 Å². The van der Waals surface area contributed by atoms with Crippen LogP contribution in [0.1, 0.15) is 29.2 Å². The number of anilines is 1. The van der Waals surface area contributed by atoms with Gasteiger partial charge in [0.25, 0.3) is 0 Å². The summed E-state index contributed by atoms with van der Waals surface area (Å²) in [5.74, 6) is 0.674. The number of nitrogens with two attached hydrogens (primary N) is 1. The largest absolute Gasteiger partial charge is 0.375 e. The number of halogens is 2. The maximum absolute atomic E-state index is 5.68. The minimum Gasteiger partial charge on any atom is -0.375 e. The van der Waals surface area contributed by atoms with Crippen molar-refractivity contribution in [1.82, 2.24) is 9.88 Å². The molecule has 0 amide bonds. The van der Waals surface area contributed by atoms with E-state index in [-0.39, 0.29) is 12.4 Å². The Kier molecular flexibility index (Phi) is 6.05. The molecule has 0 radical (unpaired) electrons. The van der Waals surface area contributed by atoms with E-state index in [9.17, 15) is 0 Å². The van der Waals surface area contributed by atoms with Crippen LogP contribution >= 0.6 is 39.7 Å². The molecule has 0 unspecified atom stereocenters. The van der Waals surface area contributed by atoms with Gasteiger partial charge in [-0.3, -0.25) is 4.90 Å². The average Bonchev–Trinajstić information content (AvgIpc) is 2.86. The number of likely N-dealkylation sites (tertiary alicyclic amines) is 1. The number of rotatable bonds is 3. The molecule has 1 aromatic carbocycles. The molecule has 1 aliphatic heterocycles. The second-order valence-corrected chi connectivity index (χ2v) is 7.24. The quantitative estimate of drug-likeness (QED) is 0.853. The maximum atomic E-state index is 5.68. The van der Waals surface area contributed by atoms with Crippen molar-refractivity contribution < 1.29 is 0 Å². The topological polar surface area (TPSA) is 42.1 Å². The molecule has 0 aliphatic carbocycles. The Labute approximate surface area is 144 Å². The van der Waals surface area contributed by atoms with Gasteiger partial charge in [-0.15, -0.1) is 23.7 Å². The van der Waals surface area contributed by atoms with Crippen molar-refractivity contribution >= 4 is 44.8 Å². The molecule has 1 aliphatic rings. The van der Waals surface area contributed by atoms with Gasteiger partial charge in [0.05, 0.1) is 0 Å². The fraction of sp³-hybridized carbons (Fsp3) is 0.400. The van der Waals surface area contributed by atoms with E-state index in [1.807, 2.05) is 6.20 Å². The first kappa shape index (κ1) is 16.7. The Morgan fingerprint density at radius 1 is 1.29 bits per heavy atom. The van der Waals surface area contributed by atoms with Crippen molar-refractivity contribution in [2.75, 3.05) is 18.8 Å². The van der Waals surface area contributed by atoms with Crippen LogP contribution < -0.4 is 5.73 Å². The van der Waals surface area contributed by atoms with Crippen LogP contribution in [0.15, 0.2) is 34.9 Å². The molecule has 3 rings (SSSR count). The van der Waals surface area contributed by atoms with E-state index in [0.29, 0.717) is 11.0 Å². The summed E-state index contributed by atoms with van der Waals surface area (Å²) < 4.78 is 1.24. The zero-order chi connectivity index (χ0) is 13.9. The molecule has 2 N–H and O–H groups in total. The summed E-state index contributed by atoms with van der Waals surface area (Å²) in [6.45, 7) is 3.27. The van der Waals surface area contributed by atoms with Gasteiger partial charge in [0.2, 0.25) is 0 Å². The number of hydrogen-bond donors (Lipinski definition) is 1. The van der Waals surface area contributed by atoms with Crippen LogP contribution in [0.25, 0.3) is 0 Å². The maximum Gasteiger partial charge on any atom is 0.180 e. The zero-order valence-electron chi connectivity index (χ0n) is 11.7. The van der Waals surface area contributed by atoms with E-state index in [1.54, 1.807) is 11.3 Å².